The van der Waals surface area contributed by atoms with Crippen LogP contribution in [0.15, 0.2) is 60.3 Å². The van der Waals surface area contributed by atoms with Crippen molar-refractivity contribution in [2.45, 2.75) is 0 Å². The van der Waals surface area contributed by atoms with Crippen LogP contribution in [0.5, 0.6) is 0 Å². The highest BCUT2D eigenvalue weighted by Crippen LogP contribution is 2.26. The molecule has 0 fully saturated rings. The Labute approximate surface area is 154 Å². The molecule has 0 saturated carbocycles. The Morgan fingerprint density at radius 1 is 1.00 bits per heavy atom. The first kappa shape index (κ1) is 17.4. The zero-order valence-electron chi connectivity index (χ0n) is 13.5. The Hall–Kier alpha value is -3.38. The van der Waals surface area contributed by atoms with Crippen molar-refractivity contribution in [3.05, 3.63) is 76.5 Å². The fourth-order valence-corrected chi connectivity index (χ4v) is 2.59. The fourth-order valence-electron chi connectivity index (χ4n) is 2.47. The number of hydrogen-bond donors (Lipinski definition) is 3. The molecule has 7 heteroatoms. The molecular weight excluding hydrogens is 354 g/mol. The Balaban J connectivity index is 1.90. The SMILES string of the molecule is NC(=O)C=Cc1ccc(NC2=C(c3ccc(Cl)cc3)C(=O)NC2=O)cc1. The van der Waals surface area contributed by atoms with Crippen molar-refractivity contribution in [2.75, 3.05) is 5.32 Å². The monoisotopic (exact) mass is 367 g/mol. The molecular formula is C19H14ClN3O3. The third kappa shape index (κ3) is 3.81. The van der Waals surface area contributed by atoms with Crippen LogP contribution in [0.1, 0.15) is 11.1 Å². The lowest BCUT2D eigenvalue weighted by Crippen LogP contribution is -2.24. The topological polar surface area (TPSA) is 101 Å². The van der Waals surface area contributed by atoms with Gasteiger partial charge in [0, 0.05) is 16.8 Å². The summed E-state index contributed by atoms with van der Waals surface area (Å²) in [6, 6.07) is 13.6. The van der Waals surface area contributed by atoms with Crippen LogP contribution in [0.2, 0.25) is 5.02 Å². The largest absolute Gasteiger partial charge is 0.366 e. The van der Waals surface area contributed by atoms with Gasteiger partial charge in [0.05, 0.1) is 5.57 Å². The van der Waals surface area contributed by atoms with Crippen LogP contribution in [0.25, 0.3) is 11.6 Å². The Morgan fingerprint density at radius 3 is 2.27 bits per heavy atom. The van der Waals surface area contributed by atoms with Crippen molar-refractivity contribution in [3.63, 3.8) is 0 Å². The first-order chi connectivity index (χ1) is 12.4. The van der Waals surface area contributed by atoms with E-state index in [9.17, 15) is 14.4 Å². The number of primary amides is 1. The summed E-state index contributed by atoms with van der Waals surface area (Å²) in [6.45, 7) is 0. The highest BCUT2D eigenvalue weighted by molar-refractivity contribution is 6.37. The van der Waals surface area contributed by atoms with Crippen LogP contribution in [0.4, 0.5) is 5.69 Å². The van der Waals surface area contributed by atoms with Gasteiger partial charge < -0.3 is 11.1 Å². The van der Waals surface area contributed by atoms with Crippen molar-refractivity contribution in [1.29, 1.82) is 0 Å². The fraction of sp³-hybridized carbons (Fsp3) is 0. The minimum Gasteiger partial charge on any atom is -0.366 e. The molecule has 3 amide bonds. The van der Waals surface area contributed by atoms with Gasteiger partial charge >= 0.3 is 0 Å². The van der Waals surface area contributed by atoms with E-state index in [0.29, 0.717) is 16.3 Å². The molecule has 0 spiro atoms. The van der Waals surface area contributed by atoms with Crippen molar-refractivity contribution in [1.82, 2.24) is 5.32 Å². The predicted molar refractivity (Wildman–Crippen MR) is 99.8 cm³/mol. The van der Waals surface area contributed by atoms with Gasteiger partial charge in [-0.1, -0.05) is 35.9 Å². The van der Waals surface area contributed by atoms with Gasteiger partial charge in [0.2, 0.25) is 5.91 Å². The number of rotatable bonds is 5. The highest BCUT2D eigenvalue weighted by Gasteiger charge is 2.31. The van der Waals surface area contributed by atoms with Crippen molar-refractivity contribution in [2.24, 2.45) is 5.73 Å². The average molecular weight is 368 g/mol. The van der Waals surface area contributed by atoms with E-state index >= 15 is 0 Å². The summed E-state index contributed by atoms with van der Waals surface area (Å²) in [5.74, 6) is -1.51. The lowest BCUT2D eigenvalue weighted by molar-refractivity contribution is -0.123. The Morgan fingerprint density at radius 2 is 1.65 bits per heavy atom. The van der Waals surface area contributed by atoms with E-state index in [1.54, 1.807) is 54.6 Å². The van der Waals surface area contributed by atoms with Crippen molar-refractivity contribution in [3.8, 4) is 0 Å². The minimum absolute atomic E-state index is 0.165. The highest BCUT2D eigenvalue weighted by atomic mass is 35.5. The number of carbonyl (C=O) groups is 3. The maximum Gasteiger partial charge on any atom is 0.275 e. The van der Waals surface area contributed by atoms with Crippen LogP contribution in [0.3, 0.4) is 0 Å². The van der Waals surface area contributed by atoms with Gasteiger partial charge in [-0.15, -0.1) is 0 Å². The molecule has 1 aliphatic heterocycles. The van der Waals surface area contributed by atoms with Gasteiger partial charge in [-0.3, -0.25) is 19.7 Å². The van der Waals surface area contributed by atoms with Crippen LogP contribution < -0.4 is 16.4 Å². The van der Waals surface area contributed by atoms with Gasteiger partial charge in [-0.05, 0) is 41.5 Å². The maximum absolute atomic E-state index is 12.2. The zero-order chi connectivity index (χ0) is 18.7. The van der Waals surface area contributed by atoms with Crippen LogP contribution >= 0.6 is 11.6 Å². The number of benzene rings is 2. The molecule has 3 rings (SSSR count). The number of halogens is 1. The van der Waals surface area contributed by atoms with E-state index < -0.39 is 17.7 Å². The summed E-state index contributed by atoms with van der Waals surface area (Å²) in [5.41, 5.74) is 7.45. The van der Waals surface area contributed by atoms with E-state index in [4.69, 9.17) is 17.3 Å². The molecule has 1 aliphatic rings. The van der Waals surface area contributed by atoms with E-state index in [0.717, 1.165) is 5.56 Å². The first-order valence-electron chi connectivity index (χ1n) is 7.64. The summed E-state index contributed by atoms with van der Waals surface area (Å²) in [7, 11) is 0. The lowest BCUT2D eigenvalue weighted by Gasteiger charge is -2.08. The van der Waals surface area contributed by atoms with E-state index in [1.165, 1.54) is 6.08 Å². The van der Waals surface area contributed by atoms with Gasteiger partial charge in [0.25, 0.3) is 11.8 Å². The smallest absolute Gasteiger partial charge is 0.275 e. The molecule has 0 aliphatic carbocycles. The van der Waals surface area contributed by atoms with Crippen molar-refractivity contribution < 1.29 is 14.4 Å². The summed E-state index contributed by atoms with van der Waals surface area (Å²) in [4.78, 5) is 35.1. The van der Waals surface area contributed by atoms with Gasteiger partial charge in [0.1, 0.15) is 5.70 Å². The number of hydrogen-bond acceptors (Lipinski definition) is 4. The van der Waals surface area contributed by atoms with Gasteiger partial charge in [-0.25, -0.2) is 0 Å². The van der Waals surface area contributed by atoms with E-state index in [1.807, 2.05) is 0 Å². The molecule has 0 atom stereocenters. The molecule has 0 bridgehead atoms. The lowest BCUT2D eigenvalue weighted by atomic mass is 10.0. The maximum atomic E-state index is 12.2. The minimum atomic E-state index is -0.536. The van der Waals surface area contributed by atoms with Gasteiger partial charge in [0.15, 0.2) is 0 Å². The van der Waals surface area contributed by atoms with Crippen LogP contribution in [0, 0.1) is 0 Å². The number of carbonyl (C=O) groups excluding carboxylic acids is 3. The zero-order valence-corrected chi connectivity index (χ0v) is 14.2. The molecule has 130 valence electrons. The molecule has 0 aromatic heterocycles. The summed E-state index contributed by atoms with van der Waals surface area (Å²) in [6.07, 6.45) is 2.84. The quantitative estimate of drug-likeness (QED) is 0.557. The average Bonchev–Trinajstić information content (AvgIpc) is 2.88. The van der Waals surface area contributed by atoms with Gasteiger partial charge in [-0.2, -0.15) is 0 Å². The number of amides is 3. The normalized spacial score (nSPS) is 14.0. The number of nitrogens with two attached hydrogens (primary N) is 1. The van der Waals surface area contributed by atoms with Crippen LogP contribution in [-0.4, -0.2) is 17.7 Å². The second-order valence-corrected chi connectivity index (χ2v) is 5.96. The number of imide groups is 1. The molecule has 26 heavy (non-hydrogen) atoms. The first-order valence-corrected chi connectivity index (χ1v) is 8.02. The summed E-state index contributed by atoms with van der Waals surface area (Å²) in [5, 5.41) is 5.79. The summed E-state index contributed by atoms with van der Waals surface area (Å²) < 4.78 is 0. The number of anilines is 1. The van der Waals surface area contributed by atoms with Crippen molar-refractivity contribution >= 4 is 46.7 Å². The third-order valence-corrected chi connectivity index (χ3v) is 3.94. The molecule has 0 radical (unpaired) electrons. The third-order valence-electron chi connectivity index (χ3n) is 3.68. The number of nitrogens with one attached hydrogen (secondary N) is 2. The summed E-state index contributed by atoms with van der Waals surface area (Å²) >= 11 is 5.88. The Kier molecular flexibility index (Phi) is 4.86. The molecule has 6 nitrogen and oxygen atoms in total. The predicted octanol–water partition coefficient (Wildman–Crippen LogP) is 2.32. The molecule has 0 unspecified atom stereocenters. The molecule has 4 N–H and O–H groups in total. The second-order valence-electron chi connectivity index (χ2n) is 5.52. The van der Waals surface area contributed by atoms with E-state index in [-0.39, 0.29) is 11.3 Å². The second kappa shape index (κ2) is 7.25. The van der Waals surface area contributed by atoms with E-state index in [2.05, 4.69) is 10.6 Å². The standard InChI is InChI=1S/C19H14ClN3O3/c20-13-6-4-12(5-7-13)16-17(19(26)23-18(16)25)22-14-8-1-11(2-9-14)3-10-15(21)24/h1-10H,(H2,21,24)(H2,22,23,25,26). The van der Waals surface area contributed by atoms with Crippen LogP contribution in [-0.2, 0) is 14.4 Å². The molecule has 2 aromatic carbocycles. The molecule has 1 heterocycles. The molecule has 2 aromatic rings. The molecule has 0 saturated heterocycles. The Bertz CT molecular complexity index is 945.